The van der Waals surface area contributed by atoms with Gasteiger partial charge in [0.1, 0.15) is 0 Å². The van der Waals surface area contributed by atoms with Gasteiger partial charge in [-0.15, -0.1) is 0 Å². The first-order chi connectivity index (χ1) is 5.89. The summed E-state index contributed by atoms with van der Waals surface area (Å²) in [5.41, 5.74) is 0. The average Bonchev–Trinajstić information content (AvgIpc) is 1.83. The second kappa shape index (κ2) is 5.59. The molecule has 88 valence electrons. The molecule has 0 rings (SSSR count). The lowest BCUT2D eigenvalue weighted by Crippen LogP contribution is -2.20. The zero-order chi connectivity index (χ0) is 12.2. The number of halogens is 5. The molecule has 0 aromatic heterocycles. The molecule has 0 bridgehead atoms. The molecular weight excluding hydrogens is 231 g/mol. The van der Waals surface area contributed by atoms with Gasteiger partial charge in [0.25, 0.3) is 0 Å². The second-order valence-electron chi connectivity index (χ2n) is 3.19. The van der Waals surface area contributed by atoms with Gasteiger partial charge in [0, 0.05) is 4.75 Å². The first kappa shape index (κ1) is 16.2. The molecule has 0 saturated heterocycles. The maximum atomic E-state index is 10.4. The van der Waals surface area contributed by atoms with E-state index in [2.05, 4.69) is 0 Å². The molecule has 0 aromatic rings. The molecule has 0 heterocycles. The van der Waals surface area contributed by atoms with Crippen molar-refractivity contribution in [3.05, 3.63) is 0 Å². The van der Waals surface area contributed by atoms with E-state index < -0.39 is 28.4 Å². The first-order valence-electron chi connectivity index (χ1n) is 3.33. The van der Waals surface area contributed by atoms with Crippen molar-refractivity contribution < 1.29 is 30.7 Å². The molecule has 0 aliphatic carbocycles. The van der Waals surface area contributed by atoms with Crippen LogP contribution in [-0.4, -0.2) is 26.1 Å². The quantitative estimate of drug-likeness (QED) is 0.483. The Morgan fingerprint density at radius 3 is 1.29 bits per heavy atom. The highest BCUT2D eigenvalue weighted by Gasteiger charge is 2.40. The molecule has 14 heavy (non-hydrogen) atoms. The zero-order valence-corrected chi connectivity index (χ0v) is 8.51. The lowest BCUT2D eigenvalue weighted by atomic mass is 10.3. The molecule has 2 nitrogen and oxygen atoms in total. The normalized spacial score (nSPS) is 14.7. The van der Waals surface area contributed by atoms with Gasteiger partial charge in [-0.3, -0.25) is 4.21 Å². The van der Waals surface area contributed by atoms with Crippen molar-refractivity contribution in [1.82, 2.24) is 0 Å². The van der Waals surface area contributed by atoms with E-state index in [0.29, 0.717) is 0 Å². The lowest BCUT2D eigenvalue weighted by molar-refractivity contribution is -0.219. The summed E-state index contributed by atoms with van der Waals surface area (Å²) in [4.78, 5) is 0. The molecular formula is C6H10F5O2S-. The molecule has 1 atom stereocenters. The van der Waals surface area contributed by atoms with Gasteiger partial charge in [0.05, 0.1) is 0 Å². The maximum Gasteiger partial charge on any atom is 0.450 e. The largest absolute Gasteiger partial charge is 0.772 e. The summed E-state index contributed by atoms with van der Waals surface area (Å²) >= 11 is -1.93. The Bertz CT molecular complexity index is 184. The zero-order valence-electron chi connectivity index (χ0n) is 7.69. The smallest absolute Gasteiger partial charge is 0.450 e. The summed E-state index contributed by atoms with van der Waals surface area (Å²) in [6.07, 6.45) is -9.53. The van der Waals surface area contributed by atoms with Crippen LogP contribution in [0, 0.1) is 0 Å². The van der Waals surface area contributed by atoms with Crippen molar-refractivity contribution in [1.29, 1.82) is 0 Å². The van der Waals surface area contributed by atoms with Crippen LogP contribution >= 0.6 is 0 Å². The number of hydrogen-bond acceptors (Lipinski definition) is 2. The van der Waals surface area contributed by atoms with Crippen molar-refractivity contribution in [3.8, 4) is 0 Å². The standard InChI is InChI=1S/C4H10O2S.C2HF5/c1-4(2,3)7(5)6;3-1(4)2(5,6)7/h1-3H3,(H,5,6);1H/p-1. The molecule has 8 heteroatoms. The summed E-state index contributed by atoms with van der Waals surface area (Å²) < 4.78 is 71.6. The summed E-state index contributed by atoms with van der Waals surface area (Å²) in [5.74, 6) is 0. The van der Waals surface area contributed by atoms with E-state index in [1.165, 1.54) is 0 Å². The number of hydrogen-bond donors (Lipinski definition) is 0. The maximum absolute atomic E-state index is 10.4. The minimum atomic E-state index is -5.33. The Balaban J connectivity index is 0. The highest BCUT2D eigenvalue weighted by atomic mass is 32.2. The van der Waals surface area contributed by atoms with Crippen LogP contribution in [0.4, 0.5) is 22.0 Å². The third-order valence-electron chi connectivity index (χ3n) is 0.747. The molecule has 0 N–H and O–H groups in total. The topological polar surface area (TPSA) is 40.1 Å². The molecule has 0 saturated carbocycles. The van der Waals surface area contributed by atoms with Gasteiger partial charge in [0.15, 0.2) is 0 Å². The summed E-state index contributed by atoms with van der Waals surface area (Å²) in [5, 5.41) is 0. The van der Waals surface area contributed by atoms with Crippen molar-refractivity contribution in [2.75, 3.05) is 0 Å². The van der Waals surface area contributed by atoms with Gasteiger partial charge in [-0.25, -0.2) is 8.78 Å². The van der Waals surface area contributed by atoms with Crippen molar-refractivity contribution >= 4 is 11.1 Å². The van der Waals surface area contributed by atoms with Gasteiger partial charge in [0.2, 0.25) is 0 Å². The second-order valence-corrected chi connectivity index (χ2v) is 4.88. The van der Waals surface area contributed by atoms with Crippen molar-refractivity contribution in [3.63, 3.8) is 0 Å². The minimum Gasteiger partial charge on any atom is -0.772 e. The number of alkyl halides is 5. The summed E-state index contributed by atoms with van der Waals surface area (Å²) in [6, 6.07) is 0. The first-order valence-corrected chi connectivity index (χ1v) is 4.40. The Hall–Kier alpha value is -0.240. The molecule has 0 spiro atoms. The SMILES string of the molecule is CC(C)(C)S(=O)[O-].FC(F)C(F)(F)F. The van der Waals surface area contributed by atoms with Crippen LogP contribution in [0.2, 0.25) is 0 Å². The Morgan fingerprint density at radius 2 is 1.29 bits per heavy atom. The molecule has 0 aromatic carbocycles. The summed E-state index contributed by atoms with van der Waals surface area (Å²) in [7, 11) is 0. The van der Waals surface area contributed by atoms with Gasteiger partial charge in [-0.2, -0.15) is 13.2 Å². The molecule has 0 aliphatic rings. The fraction of sp³-hybridized carbons (Fsp3) is 1.00. The monoisotopic (exact) mass is 241 g/mol. The van der Waals surface area contributed by atoms with Gasteiger partial charge in [-0.1, -0.05) is 0 Å². The van der Waals surface area contributed by atoms with Crippen molar-refractivity contribution in [2.24, 2.45) is 0 Å². The molecule has 0 aliphatic heterocycles. The van der Waals surface area contributed by atoms with Gasteiger partial charge < -0.3 is 4.55 Å². The van der Waals surface area contributed by atoms with Crippen LogP contribution in [0.1, 0.15) is 20.8 Å². The average molecular weight is 241 g/mol. The summed E-state index contributed by atoms with van der Waals surface area (Å²) in [6.45, 7) is 4.95. The van der Waals surface area contributed by atoms with E-state index in [1.807, 2.05) is 0 Å². The Morgan fingerprint density at radius 1 is 1.14 bits per heavy atom. The highest BCUT2D eigenvalue weighted by molar-refractivity contribution is 7.80. The third kappa shape index (κ3) is 9.85. The number of rotatable bonds is 0. The fourth-order valence-electron chi connectivity index (χ4n) is 0. The van der Waals surface area contributed by atoms with Gasteiger partial charge >= 0.3 is 12.6 Å². The predicted octanol–water partition coefficient (Wildman–Crippen LogP) is 2.48. The molecule has 0 fully saturated rings. The third-order valence-corrected chi connectivity index (χ3v) is 1.75. The van der Waals surface area contributed by atoms with Crippen LogP contribution in [0.3, 0.4) is 0 Å². The fourth-order valence-corrected chi connectivity index (χ4v) is 0. The van der Waals surface area contributed by atoms with E-state index in [9.17, 15) is 30.7 Å². The lowest BCUT2D eigenvalue weighted by Gasteiger charge is -2.20. The molecule has 1 unspecified atom stereocenters. The Kier molecular flexibility index (Phi) is 6.47. The highest BCUT2D eigenvalue weighted by Crippen LogP contribution is 2.22. The Labute approximate surface area is 80.8 Å². The van der Waals surface area contributed by atoms with Crippen molar-refractivity contribution in [2.45, 2.75) is 38.1 Å². The predicted molar refractivity (Wildman–Crippen MR) is 40.7 cm³/mol. The molecule has 0 radical (unpaired) electrons. The van der Waals surface area contributed by atoms with Crippen LogP contribution in [0.15, 0.2) is 0 Å². The van der Waals surface area contributed by atoms with E-state index in [0.717, 1.165) is 0 Å². The van der Waals surface area contributed by atoms with E-state index in [1.54, 1.807) is 20.8 Å². The van der Waals surface area contributed by atoms with Crippen LogP contribution in [-0.2, 0) is 11.1 Å². The minimum absolute atomic E-state index is 0.583. The van der Waals surface area contributed by atoms with Gasteiger partial charge in [-0.05, 0) is 31.9 Å². The van der Waals surface area contributed by atoms with Crippen LogP contribution in [0.25, 0.3) is 0 Å². The van der Waals surface area contributed by atoms with E-state index >= 15 is 0 Å². The van der Waals surface area contributed by atoms with Crippen LogP contribution < -0.4 is 0 Å². The van der Waals surface area contributed by atoms with E-state index in [-0.39, 0.29) is 0 Å². The molecule has 0 amide bonds. The van der Waals surface area contributed by atoms with Crippen LogP contribution in [0.5, 0.6) is 0 Å². The van der Waals surface area contributed by atoms with E-state index in [4.69, 9.17) is 0 Å².